The molecule has 158 valence electrons. The van der Waals surface area contributed by atoms with Crippen LogP contribution in [0.25, 0.3) is 0 Å². The number of aromatic nitrogens is 1. The molecular weight excluding hydrogens is 380 g/mol. The number of nitrogens with zero attached hydrogens (tertiary/aromatic N) is 2. The lowest BCUT2D eigenvalue weighted by atomic mass is 9.90. The maximum absolute atomic E-state index is 11.9. The molecule has 1 fully saturated rings. The van der Waals surface area contributed by atoms with E-state index in [0.29, 0.717) is 23.1 Å². The van der Waals surface area contributed by atoms with E-state index in [-0.39, 0.29) is 6.04 Å². The van der Waals surface area contributed by atoms with E-state index in [9.17, 15) is 4.79 Å². The van der Waals surface area contributed by atoms with Gasteiger partial charge in [-0.3, -0.25) is 10.2 Å². The van der Waals surface area contributed by atoms with Gasteiger partial charge in [0.2, 0.25) is 0 Å². The van der Waals surface area contributed by atoms with E-state index >= 15 is 0 Å². The SMILES string of the molecule is CNC1CCCC[C@H]1Nc1cc(Nc2cccc(N/N=C\C=N)c2)c(C(N)=O)cn1. The van der Waals surface area contributed by atoms with E-state index in [0.717, 1.165) is 30.4 Å². The molecule has 7 N–H and O–H groups in total. The van der Waals surface area contributed by atoms with Crippen LogP contribution in [0.4, 0.5) is 22.9 Å². The van der Waals surface area contributed by atoms with Crippen molar-refractivity contribution in [1.29, 1.82) is 5.41 Å². The van der Waals surface area contributed by atoms with E-state index in [1.165, 1.54) is 25.3 Å². The van der Waals surface area contributed by atoms with Gasteiger partial charge in [0.1, 0.15) is 5.82 Å². The Labute approximate surface area is 176 Å². The van der Waals surface area contributed by atoms with Gasteiger partial charge < -0.3 is 27.1 Å². The van der Waals surface area contributed by atoms with Crippen molar-refractivity contribution in [3.63, 3.8) is 0 Å². The highest BCUT2D eigenvalue weighted by Crippen LogP contribution is 2.27. The van der Waals surface area contributed by atoms with Crippen LogP contribution in [0.3, 0.4) is 0 Å². The maximum atomic E-state index is 11.9. The number of pyridine rings is 1. The van der Waals surface area contributed by atoms with Gasteiger partial charge in [-0.25, -0.2) is 4.98 Å². The van der Waals surface area contributed by atoms with Gasteiger partial charge in [-0.15, -0.1) is 0 Å². The van der Waals surface area contributed by atoms with Crippen LogP contribution >= 0.6 is 0 Å². The van der Waals surface area contributed by atoms with E-state index < -0.39 is 5.91 Å². The zero-order valence-electron chi connectivity index (χ0n) is 17.0. The second-order valence-corrected chi connectivity index (χ2v) is 7.17. The highest BCUT2D eigenvalue weighted by molar-refractivity contribution is 6.14. The standard InChI is InChI=1S/C21H28N8O/c1-24-17-7-2-3-8-18(17)28-20-12-19(16(13-25-20)21(23)30)27-14-5-4-6-15(11-14)29-26-10-9-22/h4-6,9-13,17-18,22,24,29H,2-3,7-8H2,1H3,(H2,23,30)(H2,25,27,28)/b22-9?,26-10-/t17?,18-/m1/s1. The molecule has 0 aliphatic heterocycles. The first kappa shape index (κ1) is 21.3. The molecule has 9 heteroatoms. The van der Waals surface area contributed by atoms with Crippen LogP contribution in [-0.4, -0.2) is 42.5 Å². The molecule has 1 aliphatic rings. The van der Waals surface area contributed by atoms with Crippen LogP contribution in [0.2, 0.25) is 0 Å². The number of carbonyl (C=O) groups is 1. The first-order valence-corrected chi connectivity index (χ1v) is 9.99. The molecule has 1 aromatic carbocycles. The monoisotopic (exact) mass is 408 g/mol. The number of nitrogens with one attached hydrogen (secondary N) is 5. The van der Waals surface area contributed by atoms with Gasteiger partial charge in [0.05, 0.1) is 23.2 Å². The predicted octanol–water partition coefficient (Wildman–Crippen LogP) is 2.91. The molecule has 0 bridgehead atoms. The molecule has 0 spiro atoms. The van der Waals surface area contributed by atoms with Gasteiger partial charge in [-0.1, -0.05) is 18.9 Å². The minimum absolute atomic E-state index is 0.280. The predicted molar refractivity (Wildman–Crippen MR) is 122 cm³/mol. The van der Waals surface area contributed by atoms with Gasteiger partial charge >= 0.3 is 0 Å². The third-order valence-electron chi connectivity index (χ3n) is 5.12. The van der Waals surface area contributed by atoms with Gasteiger partial charge in [-0.05, 0) is 38.1 Å². The van der Waals surface area contributed by atoms with Crippen molar-refractivity contribution in [1.82, 2.24) is 10.3 Å². The highest BCUT2D eigenvalue weighted by Gasteiger charge is 2.24. The zero-order chi connectivity index (χ0) is 21.3. The highest BCUT2D eigenvalue weighted by atomic mass is 16.1. The molecule has 9 nitrogen and oxygen atoms in total. The van der Waals surface area contributed by atoms with Crippen molar-refractivity contribution in [2.24, 2.45) is 10.8 Å². The second-order valence-electron chi connectivity index (χ2n) is 7.17. The molecule has 3 rings (SSSR count). The van der Waals surface area contributed by atoms with E-state index in [4.69, 9.17) is 11.1 Å². The maximum Gasteiger partial charge on any atom is 0.252 e. The van der Waals surface area contributed by atoms with Crippen LogP contribution in [0.1, 0.15) is 36.0 Å². The summed E-state index contributed by atoms with van der Waals surface area (Å²) in [4.78, 5) is 16.3. The van der Waals surface area contributed by atoms with Crippen molar-refractivity contribution in [3.8, 4) is 0 Å². The lowest BCUT2D eigenvalue weighted by molar-refractivity contribution is 0.100. The largest absolute Gasteiger partial charge is 0.366 e. The summed E-state index contributed by atoms with van der Waals surface area (Å²) in [5.41, 5.74) is 10.8. The van der Waals surface area contributed by atoms with Gasteiger partial charge in [0.25, 0.3) is 5.91 Å². The minimum Gasteiger partial charge on any atom is -0.366 e. The van der Waals surface area contributed by atoms with Crippen molar-refractivity contribution >= 4 is 41.2 Å². The summed E-state index contributed by atoms with van der Waals surface area (Å²) < 4.78 is 0. The van der Waals surface area contributed by atoms with E-state index in [2.05, 4.69) is 31.5 Å². The lowest BCUT2D eigenvalue weighted by Crippen LogP contribution is -2.44. The molecule has 30 heavy (non-hydrogen) atoms. The Kier molecular flexibility index (Phi) is 7.34. The van der Waals surface area contributed by atoms with Gasteiger partial charge in [0.15, 0.2) is 0 Å². The third-order valence-corrected chi connectivity index (χ3v) is 5.12. The average molecular weight is 409 g/mol. The van der Waals surface area contributed by atoms with Crippen LogP contribution in [0.15, 0.2) is 41.6 Å². The fourth-order valence-electron chi connectivity index (χ4n) is 3.64. The summed E-state index contributed by atoms with van der Waals surface area (Å²) in [7, 11) is 1.98. The molecule has 1 saturated carbocycles. The number of likely N-dealkylation sites (N-methyl/N-ethyl adjacent to an activating group) is 1. The van der Waals surface area contributed by atoms with Crippen LogP contribution in [-0.2, 0) is 0 Å². The first-order chi connectivity index (χ1) is 14.6. The Bertz CT molecular complexity index is 914. The summed E-state index contributed by atoms with van der Waals surface area (Å²) in [6.07, 6.45) is 8.52. The number of benzene rings is 1. The quantitative estimate of drug-likeness (QED) is 0.278. The molecule has 1 heterocycles. The van der Waals surface area contributed by atoms with Gasteiger partial charge in [0, 0.05) is 36.2 Å². The van der Waals surface area contributed by atoms with Gasteiger partial charge in [-0.2, -0.15) is 5.10 Å². The molecule has 0 saturated heterocycles. The van der Waals surface area contributed by atoms with Crippen molar-refractivity contribution in [2.45, 2.75) is 37.8 Å². The smallest absolute Gasteiger partial charge is 0.252 e. The Morgan fingerprint density at radius 1 is 1.23 bits per heavy atom. The van der Waals surface area contributed by atoms with E-state index in [1.54, 1.807) is 0 Å². The molecule has 1 unspecified atom stereocenters. The van der Waals surface area contributed by atoms with Crippen LogP contribution in [0, 0.1) is 5.41 Å². The Morgan fingerprint density at radius 2 is 2.00 bits per heavy atom. The van der Waals surface area contributed by atoms with Crippen LogP contribution < -0.4 is 27.1 Å². The molecule has 1 aliphatic carbocycles. The Morgan fingerprint density at radius 3 is 2.73 bits per heavy atom. The second kappa shape index (κ2) is 10.4. The van der Waals surface area contributed by atoms with E-state index in [1.807, 2.05) is 37.4 Å². The summed E-state index contributed by atoms with van der Waals surface area (Å²) in [6.45, 7) is 0. The normalized spacial score (nSPS) is 18.7. The fraction of sp³-hybridized carbons (Fsp3) is 0.333. The molecule has 1 aromatic heterocycles. The minimum atomic E-state index is -0.549. The van der Waals surface area contributed by atoms with Crippen LogP contribution in [0.5, 0.6) is 0 Å². The topological polar surface area (TPSA) is 140 Å². The number of hydrazone groups is 1. The third kappa shape index (κ3) is 5.54. The summed E-state index contributed by atoms with van der Waals surface area (Å²) in [6, 6.07) is 9.91. The van der Waals surface area contributed by atoms with Crippen molar-refractivity contribution < 1.29 is 4.79 Å². The zero-order valence-corrected chi connectivity index (χ0v) is 17.0. The molecule has 1 amide bonds. The molecule has 0 radical (unpaired) electrons. The number of rotatable bonds is 9. The number of hydrogen-bond donors (Lipinski definition) is 6. The Hall–Kier alpha value is -3.46. The molecule has 2 atom stereocenters. The number of hydrogen-bond acceptors (Lipinski definition) is 8. The number of carbonyl (C=O) groups excluding carboxylic acids is 1. The molecule has 2 aromatic rings. The number of primary amides is 1. The van der Waals surface area contributed by atoms with Crippen molar-refractivity contribution in [2.75, 3.05) is 23.1 Å². The summed E-state index contributed by atoms with van der Waals surface area (Å²) in [5, 5.41) is 21.0. The lowest BCUT2D eigenvalue weighted by Gasteiger charge is -2.32. The fourth-order valence-corrected chi connectivity index (χ4v) is 3.64. The summed E-state index contributed by atoms with van der Waals surface area (Å²) in [5.74, 6) is 0.145. The first-order valence-electron chi connectivity index (χ1n) is 9.99. The number of nitrogens with two attached hydrogens (primary N) is 1. The number of amides is 1. The Balaban J connectivity index is 1.81. The number of anilines is 4. The average Bonchev–Trinajstić information content (AvgIpc) is 2.74. The van der Waals surface area contributed by atoms with Crippen molar-refractivity contribution in [3.05, 3.63) is 42.1 Å². The summed E-state index contributed by atoms with van der Waals surface area (Å²) >= 11 is 0. The molecular formula is C21H28N8O.